The van der Waals surface area contributed by atoms with E-state index in [1.807, 2.05) is 12.1 Å². The Hall–Kier alpha value is -5.33. The Morgan fingerprint density at radius 1 is 0.649 bits per heavy atom. The van der Waals surface area contributed by atoms with Crippen molar-refractivity contribution in [1.82, 2.24) is 30.6 Å². The van der Waals surface area contributed by atoms with Crippen LogP contribution in [0.1, 0.15) is 96.3 Å². The number of aromatic nitrogens is 4. The number of rotatable bonds is 4. The van der Waals surface area contributed by atoms with Crippen LogP contribution in [0.5, 0.6) is 0 Å². The Labute approximate surface area is 334 Å². The standard InChI is InChI=1S/C22H23FN4O.C16H11ClFN3O.C6H13N/c23-16-8-6-13-7-9-19(25-14-4-2-1-3-5-14)27-21(13)20(16)18-12-15-17(26-18)10-11-24-22(15)28;17-13-4-2-8-1-3-10(18)14(15(8)21-13)12-7-9-11(20-12)5-6-19-16(9)22;7-6-4-2-1-3-5-6/h6-9,12,14,26H,1-5,10-11H2,(H,24,28)(H,25,27);1-4,7,20H,5-6H2,(H,19,22);6H,1-5,7H2. The van der Waals surface area contributed by atoms with E-state index in [9.17, 15) is 18.4 Å². The molecule has 6 aromatic rings. The molecule has 2 fully saturated rings. The Kier molecular flexibility index (Phi) is 11.5. The second-order valence-corrected chi connectivity index (χ2v) is 15.7. The summed E-state index contributed by atoms with van der Waals surface area (Å²) in [5, 5.41) is 11.1. The Balaban J connectivity index is 0.000000139. The first-order valence-electron chi connectivity index (χ1n) is 20.1. The molecule has 7 N–H and O–H groups in total. The Morgan fingerprint density at radius 3 is 1.65 bits per heavy atom. The highest BCUT2D eigenvalue weighted by Gasteiger charge is 2.24. The molecule has 0 bridgehead atoms. The molecule has 13 heteroatoms. The fourth-order valence-corrected chi connectivity index (χ4v) is 8.49. The van der Waals surface area contributed by atoms with E-state index >= 15 is 0 Å². The number of pyridine rings is 2. The minimum Gasteiger partial charge on any atom is -0.367 e. The molecule has 4 aliphatic rings. The van der Waals surface area contributed by atoms with Crippen LogP contribution in [0, 0.1) is 11.6 Å². The van der Waals surface area contributed by atoms with Crippen LogP contribution in [0.25, 0.3) is 44.3 Å². The van der Waals surface area contributed by atoms with Gasteiger partial charge in [-0.15, -0.1) is 0 Å². The van der Waals surface area contributed by atoms with Gasteiger partial charge in [-0.3, -0.25) is 9.59 Å². The van der Waals surface area contributed by atoms with Crippen LogP contribution in [0.15, 0.2) is 60.7 Å². The van der Waals surface area contributed by atoms with Gasteiger partial charge < -0.3 is 31.7 Å². The monoisotopic (exact) mass is 792 g/mol. The van der Waals surface area contributed by atoms with Gasteiger partial charge >= 0.3 is 0 Å². The first kappa shape index (κ1) is 38.5. The molecule has 2 aliphatic heterocycles. The summed E-state index contributed by atoms with van der Waals surface area (Å²) in [7, 11) is 0. The maximum absolute atomic E-state index is 14.9. The molecule has 0 atom stereocenters. The highest BCUT2D eigenvalue weighted by atomic mass is 35.5. The Bertz CT molecular complexity index is 2430. The molecular weight excluding hydrogens is 746 g/mol. The van der Waals surface area contributed by atoms with Gasteiger partial charge in [0.05, 0.1) is 44.7 Å². The number of hydrogen-bond acceptors (Lipinski definition) is 6. The van der Waals surface area contributed by atoms with Crippen LogP contribution in [0.2, 0.25) is 5.15 Å². The average Bonchev–Trinajstić information content (AvgIpc) is 3.85. The number of nitrogens with one attached hydrogen (secondary N) is 5. The van der Waals surface area contributed by atoms with E-state index in [4.69, 9.17) is 22.3 Å². The van der Waals surface area contributed by atoms with Gasteiger partial charge in [0.2, 0.25) is 0 Å². The molecule has 2 aliphatic carbocycles. The number of aromatic amines is 2. The highest BCUT2D eigenvalue weighted by molar-refractivity contribution is 6.30. The number of carbonyl (C=O) groups excluding carboxylic acids is 2. The summed E-state index contributed by atoms with van der Waals surface area (Å²) in [5.74, 6) is -0.220. The van der Waals surface area contributed by atoms with Gasteiger partial charge in [0, 0.05) is 60.2 Å². The third kappa shape index (κ3) is 8.52. The molecule has 0 unspecified atom stereocenters. The van der Waals surface area contributed by atoms with E-state index in [-0.39, 0.29) is 17.6 Å². The van der Waals surface area contributed by atoms with Gasteiger partial charge in [0.25, 0.3) is 11.8 Å². The van der Waals surface area contributed by atoms with Crippen molar-refractivity contribution in [2.75, 3.05) is 18.4 Å². The lowest BCUT2D eigenvalue weighted by Crippen LogP contribution is -2.31. The summed E-state index contributed by atoms with van der Waals surface area (Å²) in [6, 6.07) is 18.1. The molecule has 296 valence electrons. The molecule has 6 heterocycles. The summed E-state index contributed by atoms with van der Waals surface area (Å²) in [4.78, 5) is 39.4. The number of H-pyrrole nitrogens is 2. The molecule has 0 radical (unpaired) electrons. The zero-order chi connectivity index (χ0) is 39.5. The lowest BCUT2D eigenvalue weighted by Gasteiger charge is -2.23. The number of carbonyl (C=O) groups is 2. The van der Waals surface area contributed by atoms with Crippen molar-refractivity contribution in [3.8, 4) is 22.5 Å². The van der Waals surface area contributed by atoms with Crippen molar-refractivity contribution in [3.63, 3.8) is 0 Å². The van der Waals surface area contributed by atoms with Crippen molar-refractivity contribution < 1.29 is 18.4 Å². The van der Waals surface area contributed by atoms with Crippen molar-refractivity contribution in [2.24, 2.45) is 5.73 Å². The van der Waals surface area contributed by atoms with E-state index < -0.39 is 5.82 Å². The number of hydrogen-bond donors (Lipinski definition) is 6. The van der Waals surface area contributed by atoms with Gasteiger partial charge in [-0.05, 0) is 86.3 Å². The van der Waals surface area contributed by atoms with E-state index in [0.29, 0.717) is 81.4 Å². The molecule has 57 heavy (non-hydrogen) atoms. The van der Waals surface area contributed by atoms with E-state index in [1.54, 1.807) is 36.4 Å². The lowest BCUT2D eigenvalue weighted by atomic mass is 9.95. The zero-order valence-corrected chi connectivity index (χ0v) is 32.5. The van der Waals surface area contributed by atoms with Crippen molar-refractivity contribution in [1.29, 1.82) is 0 Å². The van der Waals surface area contributed by atoms with Crippen LogP contribution in [-0.2, 0) is 12.8 Å². The quantitative estimate of drug-likeness (QED) is 0.0981. The van der Waals surface area contributed by atoms with Crippen LogP contribution in [0.4, 0.5) is 14.6 Å². The topological polar surface area (TPSA) is 154 Å². The van der Waals surface area contributed by atoms with E-state index in [1.165, 1.54) is 63.5 Å². The highest BCUT2D eigenvalue weighted by Crippen LogP contribution is 2.34. The van der Waals surface area contributed by atoms with Crippen LogP contribution in [0.3, 0.4) is 0 Å². The summed E-state index contributed by atoms with van der Waals surface area (Å²) in [6.45, 7) is 1.17. The maximum Gasteiger partial charge on any atom is 0.253 e. The van der Waals surface area contributed by atoms with Gasteiger partial charge in [-0.2, -0.15) is 0 Å². The molecule has 0 saturated heterocycles. The number of fused-ring (bicyclic) bond motifs is 4. The minimum atomic E-state index is -0.402. The summed E-state index contributed by atoms with van der Waals surface area (Å²) < 4.78 is 29.3. The summed E-state index contributed by atoms with van der Waals surface area (Å²) in [6.07, 6.45) is 14.1. The second-order valence-electron chi connectivity index (χ2n) is 15.4. The van der Waals surface area contributed by atoms with Crippen LogP contribution < -0.4 is 21.7 Å². The molecule has 2 aromatic carbocycles. The van der Waals surface area contributed by atoms with Gasteiger partial charge in [-0.25, -0.2) is 18.7 Å². The maximum atomic E-state index is 14.9. The fourth-order valence-electron chi connectivity index (χ4n) is 8.34. The first-order valence-corrected chi connectivity index (χ1v) is 20.5. The largest absolute Gasteiger partial charge is 0.367 e. The van der Waals surface area contributed by atoms with Crippen molar-refractivity contribution in [2.45, 2.75) is 89.1 Å². The van der Waals surface area contributed by atoms with E-state index in [2.05, 4.69) is 30.9 Å². The summed E-state index contributed by atoms with van der Waals surface area (Å²) >= 11 is 5.95. The second kappa shape index (κ2) is 17.0. The fraction of sp³-hybridized carbons (Fsp3) is 0.364. The molecule has 0 spiro atoms. The van der Waals surface area contributed by atoms with Crippen molar-refractivity contribution in [3.05, 3.63) is 100.0 Å². The number of benzene rings is 2. The molecule has 4 aromatic heterocycles. The predicted molar refractivity (Wildman–Crippen MR) is 222 cm³/mol. The third-order valence-electron chi connectivity index (χ3n) is 11.3. The lowest BCUT2D eigenvalue weighted by molar-refractivity contribution is 0.0937. The zero-order valence-electron chi connectivity index (χ0n) is 31.7. The summed E-state index contributed by atoms with van der Waals surface area (Å²) in [5.41, 5.74) is 11.4. The Morgan fingerprint density at radius 2 is 1.14 bits per heavy atom. The normalized spacial score (nSPS) is 17.1. The SMILES string of the molecule is NC1CCCCC1.O=C1NCCc2[nH]c(-c3c(F)ccc4ccc(Cl)nc34)cc21.O=C1NCCc2[nH]c(-c3c(F)ccc4ccc(NC5CCCCC5)nc34)cc21. The minimum absolute atomic E-state index is 0.114. The predicted octanol–water partition coefficient (Wildman–Crippen LogP) is 8.99. The third-order valence-corrected chi connectivity index (χ3v) is 11.6. The molecule has 10 rings (SSSR count). The molecule has 2 saturated carbocycles. The molecule has 10 nitrogen and oxygen atoms in total. The molecule has 2 amide bonds. The van der Waals surface area contributed by atoms with Crippen LogP contribution in [-0.4, -0.2) is 56.9 Å². The molecular formula is C44H47ClF2N8O2. The van der Waals surface area contributed by atoms with Gasteiger partial charge in [0.1, 0.15) is 22.6 Å². The first-order chi connectivity index (χ1) is 27.7. The smallest absolute Gasteiger partial charge is 0.253 e. The van der Waals surface area contributed by atoms with E-state index in [0.717, 1.165) is 47.2 Å². The number of nitrogens with zero attached hydrogens (tertiary/aromatic N) is 2. The number of nitrogens with two attached hydrogens (primary N) is 1. The number of halogens is 3. The number of amides is 2. The van der Waals surface area contributed by atoms with Crippen LogP contribution >= 0.6 is 11.6 Å². The van der Waals surface area contributed by atoms with Crippen molar-refractivity contribution >= 4 is 51.0 Å². The van der Waals surface area contributed by atoms with Gasteiger partial charge in [0.15, 0.2) is 0 Å². The average molecular weight is 793 g/mol. The number of anilines is 1. The van der Waals surface area contributed by atoms with Gasteiger partial charge in [-0.1, -0.05) is 50.1 Å².